The van der Waals surface area contributed by atoms with Gasteiger partial charge in [-0.25, -0.2) is 18.9 Å². The number of aryl methyl sites for hydroxylation is 1. The fraction of sp³-hybridized carbons (Fsp3) is 0.194. The minimum Gasteiger partial charge on any atom is -0.593 e. The Labute approximate surface area is 254 Å². The molecular weight excluding hydrogens is 595 g/mol. The Hall–Kier alpha value is -3.54. The summed E-state index contributed by atoms with van der Waals surface area (Å²) in [4.78, 5) is 15.9. The smallest absolute Gasteiger partial charge is 0.355 e. The number of carbonyl (C=O) groups is 1. The summed E-state index contributed by atoms with van der Waals surface area (Å²) in [7, 11) is 0. The third-order valence-electron chi connectivity index (χ3n) is 7.38. The van der Waals surface area contributed by atoms with Crippen LogP contribution in [0.15, 0.2) is 70.9 Å². The maximum Gasteiger partial charge on any atom is 0.355 e. The van der Waals surface area contributed by atoms with E-state index in [9.17, 15) is 18.8 Å². The first-order chi connectivity index (χ1) is 20.2. The highest BCUT2D eigenvalue weighted by atomic mass is 35.5. The maximum atomic E-state index is 14.8. The molecule has 3 aromatic carbocycles. The number of nitrogens with two attached hydrogens (primary N) is 1. The molecule has 0 amide bonds. The molecule has 1 aliphatic carbocycles. The predicted molar refractivity (Wildman–Crippen MR) is 163 cm³/mol. The zero-order chi connectivity index (χ0) is 29.5. The van der Waals surface area contributed by atoms with Crippen LogP contribution in [0, 0.1) is 18.7 Å². The summed E-state index contributed by atoms with van der Waals surface area (Å²) < 4.78 is 28.3. The van der Waals surface area contributed by atoms with E-state index in [4.69, 9.17) is 21.8 Å². The summed E-state index contributed by atoms with van der Waals surface area (Å²) in [5.41, 5.74) is 6.98. The van der Waals surface area contributed by atoms with Crippen molar-refractivity contribution in [3.63, 3.8) is 0 Å². The first-order valence-corrected chi connectivity index (χ1v) is 15.8. The number of aromatic carboxylic acids is 1. The number of hydrogen-bond acceptors (Lipinski definition) is 6. The summed E-state index contributed by atoms with van der Waals surface area (Å²) in [5, 5.41) is 22.6. The van der Waals surface area contributed by atoms with Gasteiger partial charge in [0.25, 0.3) is 0 Å². The number of halogens is 2. The SMILES string of the molecule is Cc1cc(-c2cccc(-c3nn(-c4nc(C(=O)O)cs4)c(CC4CC4)c3Cc3ccc([S+](N)[O-])c(F)c3)c2)ccc1Cl. The van der Waals surface area contributed by atoms with E-state index in [1.165, 1.54) is 28.8 Å². The molecule has 42 heavy (non-hydrogen) atoms. The molecule has 214 valence electrons. The topological polar surface area (TPSA) is 117 Å². The fourth-order valence-corrected chi connectivity index (χ4v) is 6.36. The number of hydrogen-bond donors (Lipinski definition) is 2. The van der Waals surface area contributed by atoms with Gasteiger partial charge in [-0.1, -0.05) is 41.9 Å². The maximum absolute atomic E-state index is 14.8. The highest BCUT2D eigenvalue weighted by Gasteiger charge is 2.29. The van der Waals surface area contributed by atoms with Crippen molar-refractivity contribution in [2.45, 2.75) is 37.5 Å². The molecule has 7 nitrogen and oxygen atoms in total. The van der Waals surface area contributed by atoms with Crippen molar-refractivity contribution < 1.29 is 18.8 Å². The largest absolute Gasteiger partial charge is 0.593 e. The van der Waals surface area contributed by atoms with E-state index in [0.29, 0.717) is 33.8 Å². The Bertz CT molecular complexity index is 1820. The van der Waals surface area contributed by atoms with Crippen LogP contribution in [-0.4, -0.2) is 30.4 Å². The zero-order valence-corrected chi connectivity index (χ0v) is 24.9. The summed E-state index contributed by atoms with van der Waals surface area (Å²) in [6.45, 7) is 1.96. The first kappa shape index (κ1) is 28.6. The number of nitrogens with zero attached hydrogens (tertiary/aromatic N) is 3. The molecule has 0 saturated heterocycles. The number of aromatic nitrogens is 3. The predicted octanol–water partition coefficient (Wildman–Crippen LogP) is 6.99. The molecule has 11 heteroatoms. The molecule has 1 saturated carbocycles. The van der Waals surface area contributed by atoms with Gasteiger partial charge in [-0.3, -0.25) is 0 Å². The quantitative estimate of drug-likeness (QED) is 0.172. The van der Waals surface area contributed by atoms with E-state index in [0.717, 1.165) is 52.8 Å². The Morgan fingerprint density at radius 3 is 2.60 bits per heavy atom. The number of rotatable bonds is 9. The molecule has 1 atom stereocenters. The van der Waals surface area contributed by atoms with Gasteiger partial charge in [-0.15, -0.1) is 16.5 Å². The second-order valence-electron chi connectivity index (χ2n) is 10.4. The molecule has 3 N–H and O–H groups in total. The normalized spacial score (nSPS) is 13.8. The summed E-state index contributed by atoms with van der Waals surface area (Å²) in [5.74, 6) is -1.25. The van der Waals surface area contributed by atoms with E-state index >= 15 is 0 Å². The molecule has 0 spiro atoms. The van der Waals surface area contributed by atoms with Gasteiger partial charge in [-0.2, -0.15) is 5.10 Å². The van der Waals surface area contributed by atoms with E-state index in [1.54, 1.807) is 10.7 Å². The van der Waals surface area contributed by atoms with Crippen LogP contribution in [0.2, 0.25) is 5.02 Å². The molecule has 1 aliphatic rings. The van der Waals surface area contributed by atoms with Crippen LogP contribution >= 0.6 is 22.9 Å². The number of thiazole rings is 1. The number of carboxylic acid groups (broad SMARTS) is 1. The molecule has 5 aromatic rings. The third-order valence-corrected chi connectivity index (χ3v) is 9.39. The van der Waals surface area contributed by atoms with Crippen molar-refractivity contribution >= 4 is 40.3 Å². The van der Waals surface area contributed by atoms with E-state index in [1.807, 2.05) is 43.3 Å². The molecule has 0 bridgehead atoms. The highest BCUT2D eigenvalue weighted by Crippen LogP contribution is 2.39. The number of benzene rings is 3. The van der Waals surface area contributed by atoms with E-state index in [-0.39, 0.29) is 10.6 Å². The molecule has 0 aliphatic heterocycles. The lowest BCUT2D eigenvalue weighted by Gasteiger charge is -2.11. The first-order valence-electron chi connectivity index (χ1n) is 13.3. The zero-order valence-electron chi connectivity index (χ0n) is 22.5. The van der Waals surface area contributed by atoms with Crippen molar-refractivity contribution in [3.8, 4) is 27.5 Å². The molecule has 6 rings (SSSR count). The van der Waals surface area contributed by atoms with Crippen LogP contribution in [0.5, 0.6) is 0 Å². The lowest BCUT2D eigenvalue weighted by molar-refractivity contribution is 0.0691. The van der Waals surface area contributed by atoms with Crippen molar-refractivity contribution in [2.75, 3.05) is 0 Å². The second-order valence-corrected chi connectivity index (χ2v) is 12.7. The highest BCUT2D eigenvalue weighted by molar-refractivity contribution is 7.89. The standard InChI is InChI=1S/C31H26ClFN4O3S2/c1-17-11-21(8-9-24(17)32)20-3-2-4-22(15-20)29-23(12-19-7-10-28(42(34)40)25(33)13-19)27(14-18-5-6-18)37(36-29)31-35-26(16-41-31)30(38)39/h2-4,7-11,13,15-16,18H,5-6,12,14,34H2,1H3,(H,38,39). The van der Waals surface area contributed by atoms with Gasteiger partial charge >= 0.3 is 5.97 Å². The van der Waals surface area contributed by atoms with Gasteiger partial charge in [0.1, 0.15) is 0 Å². The molecule has 1 unspecified atom stereocenters. The monoisotopic (exact) mass is 620 g/mol. The molecule has 2 aromatic heterocycles. The summed E-state index contributed by atoms with van der Waals surface area (Å²) in [6.07, 6.45) is 3.27. The fourth-order valence-electron chi connectivity index (χ4n) is 5.02. The Morgan fingerprint density at radius 1 is 1.17 bits per heavy atom. The average molecular weight is 621 g/mol. The van der Waals surface area contributed by atoms with Gasteiger partial charge < -0.3 is 9.66 Å². The average Bonchev–Trinajstić information content (AvgIpc) is 3.52. The van der Waals surface area contributed by atoms with Crippen LogP contribution < -0.4 is 5.14 Å². The van der Waals surface area contributed by atoms with Gasteiger partial charge in [0.15, 0.2) is 11.5 Å². The van der Waals surface area contributed by atoms with Crippen LogP contribution in [-0.2, 0) is 24.2 Å². The Morgan fingerprint density at radius 2 is 1.93 bits per heavy atom. The van der Waals surface area contributed by atoms with Gasteiger partial charge in [0.2, 0.25) is 10.0 Å². The van der Waals surface area contributed by atoms with Gasteiger partial charge in [0.05, 0.1) is 22.7 Å². The molecular formula is C31H26ClFN4O3S2. The lowest BCUT2D eigenvalue weighted by Crippen LogP contribution is -2.14. The Balaban J connectivity index is 1.52. The van der Waals surface area contributed by atoms with Gasteiger partial charge in [-0.05, 0) is 84.7 Å². The van der Waals surface area contributed by atoms with Gasteiger partial charge in [0, 0.05) is 28.0 Å². The van der Waals surface area contributed by atoms with Crippen molar-refractivity contribution in [2.24, 2.45) is 11.1 Å². The summed E-state index contributed by atoms with van der Waals surface area (Å²) in [6, 6.07) is 18.5. The van der Waals surface area contributed by atoms with Crippen molar-refractivity contribution in [1.29, 1.82) is 0 Å². The summed E-state index contributed by atoms with van der Waals surface area (Å²) >= 11 is 5.55. The molecule has 0 radical (unpaired) electrons. The Kier molecular flexibility index (Phi) is 7.91. The van der Waals surface area contributed by atoms with Crippen LogP contribution in [0.25, 0.3) is 27.5 Å². The van der Waals surface area contributed by atoms with Crippen LogP contribution in [0.1, 0.15) is 45.7 Å². The minimum absolute atomic E-state index is 0.0430. The van der Waals surface area contributed by atoms with E-state index < -0.39 is 23.1 Å². The van der Waals surface area contributed by atoms with Crippen LogP contribution in [0.3, 0.4) is 0 Å². The van der Waals surface area contributed by atoms with Crippen molar-refractivity contribution in [3.05, 3.63) is 105 Å². The second kappa shape index (κ2) is 11.6. The molecule has 1 fully saturated rings. The van der Waals surface area contributed by atoms with Crippen molar-refractivity contribution in [1.82, 2.24) is 14.8 Å². The molecule has 2 heterocycles. The van der Waals surface area contributed by atoms with Crippen LogP contribution in [0.4, 0.5) is 4.39 Å². The number of carboxylic acids is 1. The van der Waals surface area contributed by atoms with E-state index in [2.05, 4.69) is 11.1 Å². The third kappa shape index (κ3) is 5.86. The lowest BCUT2D eigenvalue weighted by atomic mass is 9.95. The minimum atomic E-state index is -1.93.